The van der Waals surface area contributed by atoms with Crippen LogP contribution in [0, 0.1) is 0 Å². The van der Waals surface area contributed by atoms with Gasteiger partial charge in [0.2, 0.25) is 0 Å². The van der Waals surface area contributed by atoms with Gasteiger partial charge in [0, 0.05) is 54.5 Å². The van der Waals surface area contributed by atoms with Crippen LogP contribution in [0.2, 0.25) is 0 Å². The highest BCUT2D eigenvalue weighted by Crippen LogP contribution is 2.40. The zero-order valence-corrected chi connectivity index (χ0v) is 32.2. The van der Waals surface area contributed by atoms with E-state index in [0.717, 1.165) is 60.8 Å². The van der Waals surface area contributed by atoms with Crippen LogP contribution >= 0.6 is 12.6 Å². The fourth-order valence-electron chi connectivity index (χ4n) is 8.57. The summed E-state index contributed by atoms with van der Waals surface area (Å²) in [6, 6.07) is 60.7. The van der Waals surface area contributed by atoms with Crippen LogP contribution in [0.3, 0.4) is 0 Å². The lowest BCUT2D eigenvalue weighted by Gasteiger charge is -2.09. The molecule has 0 aliphatic carbocycles. The highest BCUT2D eigenvalue weighted by molar-refractivity contribution is 7.79. The van der Waals surface area contributed by atoms with E-state index in [-0.39, 0.29) is 0 Å². The van der Waals surface area contributed by atoms with Crippen molar-refractivity contribution in [1.82, 2.24) is 9.13 Å². The minimum atomic E-state index is 0.887. The van der Waals surface area contributed by atoms with Gasteiger partial charge < -0.3 is 18.0 Å². The molecule has 56 heavy (non-hydrogen) atoms. The molecular weight excluding hydrogens is 705 g/mol. The molecule has 8 aromatic carbocycles. The Morgan fingerprint density at radius 1 is 0.321 bits per heavy atom. The van der Waals surface area contributed by atoms with Gasteiger partial charge in [0.05, 0.1) is 22.1 Å². The van der Waals surface area contributed by atoms with Crippen LogP contribution < -0.4 is 0 Å². The van der Waals surface area contributed by atoms with Gasteiger partial charge in [-0.3, -0.25) is 0 Å². The van der Waals surface area contributed by atoms with Crippen molar-refractivity contribution < 1.29 is 8.83 Å². The normalized spacial score (nSPS) is 11.6. The quantitative estimate of drug-likeness (QED) is 0.183. The molecule has 0 N–H and O–H groups in total. The number of rotatable bonds is 3. The molecule has 0 radical (unpaired) electrons. The maximum Gasteiger partial charge on any atom is 0.135 e. The molecule has 0 aliphatic heterocycles. The molecular formula is C51H38N2O2S. The zero-order valence-electron chi connectivity index (χ0n) is 31.3. The van der Waals surface area contributed by atoms with Gasteiger partial charge in [-0.2, -0.15) is 12.6 Å². The number of furan rings is 2. The van der Waals surface area contributed by atoms with E-state index in [4.69, 9.17) is 8.83 Å². The molecule has 0 atom stereocenters. The molecule has 270 valence electrons. The van der Waals surface area contributed by atoms with Gasteiger partial charge in [-0.05, 0) is 102 Å². The number of aromatic nitrogens is 2. The SMILES string of the molecule is CC.CS.c1ccc2c(c1)oc1ccc(-n3c4ccccc4c4cc(-c5ccc6oc7ccc(-n8c9ccccc9c9ccccc98)cc7c6c5)ccc43)cc12. The maximum absolute atomic E-state index is 6.40. The van der Waals surface area contributed by atoms with Gasteiger partial charge in [-0.15, -0.1) is 0 Å². The first kappa shape index (κ1) is 33.8. The second-order valence-electron chi connectivity index (χ2n) is 13.7. The molecule has 0 bridgehead atoms. The number of thiol groups is 1. The second-order valence-corrected chi connectivity index (χ2v) is 13.7. The summed E-state index contributed by atoms with van der Waals surface area (Å²) in [6.07, 6.45) is 1.69. The van der Waals surface area contributed by atoms with Crippen molar-refractivity contribution in [2.24, 2.45) is 0 Å². The summed E-state index contributed by atoms with van der Waals surface area (Å²) in [6.45, 7) is 4.00. The van der Waals surface area contributed by atoms with Crippen molar-refractivity contribution in [3.8, 4) is 22.5 Å². The van der Waals surface area contributed by atoms with Crippen LogP contribution in [0.5, 0.6) is 0 Å². The Morgan fingerprint density at radius 3 is 1.23 bits per heavy atom. The van der Waals surface area contributed by atoms with Crippen LogP contribution in [0.15, 0.2) is 179 Å². The molecule has 12 rings (SSSR count). The molecule has 4 aromatic heterocycles. The monoisotopic (exact) mass is 742 g/mol. The molecule has 0 saturated carbocycles. The van der Waals surface area contributed by atoms with E-state index >= 15 is 0 Å². The third-order valence-corrected chi connectivity index (χ3v) is 10.9. The van der Waals surface area contributed by atoms with Crippen molar-refractivity contribution >= 4 is 100 Å². The van der Waals surface area contributed by atoms with Crippen molar-refractivity contribution in [2.45, 2.75) is 13.8 Å². The largest absolute Gasteiger partial charge is 0.456 e. The smallest absolute Gasteiger partial charge is 0.135 e. The Kier molecular flexibility index (Phi) is 8.19. The van der Waals surface area contributed by atoms with Gasteiger partial charge >= 0.3 is 0 Å². The van der Waals surface area contributed by atoms with Crippen LogP contribution in [-0.4, -0.2) is 15.4 Å². The molecule has 0 aliphatic rings. The summed E-state index contributed by atoms with van der Waals surface area (Å²) in [4.78, 5) is 0. The number of hydrogen-bond acceptors (Lipinski definition) is 3. The first-order chi connectivity index (χ1) is 27.8. The topological polar surface area (TPSA) is 36.1 Å². The van der Waals surface area contributed by atoms with Crippen LogP contribution in [0.25, 0.3) is 110 Å². The van der Waals surface area contributed by atoms with Crippen molar-refractivity contribution in [1.29, 1.82) is 0 Å². The second kappa shape index (κ2) is 13.6. The maximum atomic E-state index is 6.40. The first-order valence-electron chi connectivity index (χ1n) is 19.1. The van der Waals surface area contributed by atoms with E-state index in [1.165, 1.54) is 49.2 Å². The number of para-hydroxylation sites is 4. The molecule has 4 nitrogen and oxygen atoms in total. The Labute approximate surface area is 329 Å². The van der Waals surface area contributed by atoms with Crippen molar-refractivity contribution in [2.75, 3.05) is 6.26 Å². The van der Waals surface area contributed by atoms with Gasteiger partial charge in [0.1, 0.15) is 22.3 Å². The van der Waals surface area contributed by atoms with Crippen molar-refractivity contribution in [3.05, 3.63) is 170 Å². The molecule has 0 saturated heterocycles. The summed E-state index contributed by atoms with van der Waals surface area (Å²) in [7, 11) is 0. The van der Waals surface area contributed by atoms with Crippen molar-refractivity contribution in [3.63, 3.8) is 0 Å². The zero-order chi connectivity index (χ0) is 37.9. The molecule has 0 unspecified atom stereocenters. The van der Waals surface area contributed by atoms with Gasteiger partial charge in [-0.25, -0.2) is 0 Å². The Balaban J connectivity index is 0.000000933. The number of fused-ring (bicyclic) bond motifs is 12. The highest BCUT2D eigenvalue weighted by atomic mass is 32.1. The number of nitrogens with zero attached hydrogens (tertiary/aromatic N) is 2. The number of hydrogen-bond donors (Lipinski definition) is 1. The first-order valence-corrected chi connectivity index (χ1v) is 20.0. The van der Waals surface area contributed by atoms with E-state index in [0.29, 0.717) is 0 Å². The third kappa shape index (κ3) is 5.08. The fraction of sp³-hybridized carbons (Fsp3) is 0.0588. The molecule has 4 heterocycles. The lowest BCUT2D eigenvalue weighted by molar-refractivity contribution is 0.668. The summed E-state index contributed by atoms with van der Waals surface area (Å²) in [5.74, 6) is 0. The van der Waals surface area contributed by atoms with Gasteiger partial charge in [-0.1, -0.05) is 98.8 Å². The van der Waals surface area contributed by atoms with Crippen LogP contribution in [0.1, 0.15) is 13.8 Å². The molecule has 0 amide bonds. The predicted molar refractivity (Wildman–Crippen MR) is 241 cm³/mol. The summed E-state index contributed by atoms with van der Waals surface area (Å²) in [5.41, 5.74) is 12.9. The predicted octanol–water partition coefficient (Wildman–Crippen LogP) is 14.9. The lowest BCUT2D eigenvalue weighted by atomic mass is 10.0. The molecule has 12 aromatic rings. The lowest BCUT2D eigenvalue weighted by Crippen LogP contribution is -1.93. The van der Waals surface area contributed by atoms with Crippen LogP contribution in [-0.2, 0) is 0 Å². The fourth-order valence-corrected chi connectivity index (χ4v) is 8.57. The Bertz CT molecular complexity index is 3380. The van der Waals surface area contributed by atoms with Gasteiger partial charge in [0.25, 0.3) is 0 Å². The van der Waals surface area contributed by atoms with Crippen LogP contribution in [0.4, 0.5) is 0 Å². The number of benzene rings is 8. The van der Waals surface area contributed by atoms with E-state index in [1.54, 1.807) is 6.26 Å². The van der Waals surface area contributed by atoms with Gasteiger partial charge in [0.15, 0.2) is 0 Å². The summed E-state index contributed by atoms with van der Waals surface area (Å²) in [5, 5.41) is 9.42. The Morgan fingerprint density at radius 2 is 0.679 bits per heavy atom. The Hall–Kier alpha value is -6.69. The summed E-state index contributed by atoms with van der Waals surface area (Å²) < 4.78 is 17.3. The summed E-state index contributed by atoms with van der Waals surface area (Å²) >= 11 is 3.53. The molecule has 0 spiro atoms. The average molecular weight is 743 g/mol. The van der Waals surface area contributed by atoms with E-state index in [9.17, 15) is 0 Å². The van der Waals surface area contributed by atoms with E-state index < -0.39 is 0 Å². The van der Waals surface area contributed by atoms with E-state index in [1.807, 2.05) is 26.0 Å². The standard InChI is InChI=1S/C48H28N2O2.C2H6.CH4S/c1-5-13-41-33(9-1)34-10-2-6-14-42(34)49(41)32-20-24-48-40(28-32)38-26-30(18-22-46(38)52-48)29-17-21-44-37(25-29)35-11-3-7-15-43(35)50(44)31-19-23-47-39(27-31)36-12-4-8-16-45(36)51-47;2*1-2/h1-28H;1-2H3;2H,1H3. The minimum Gasteiger partial charge on any atom is -0.456 e. The average Bonchev–Trinajstić information content (AvgIpc) is 4.02. The third-order valence-electron chi connectivity index (χ3n) is 10.9. The minimum absolute atomic E-state index is 0.887. The molecule has 0 fully saturated rings. The highest BCUT2D eigenvalue weighted by Gasteiger charge is 2.17. The molecule has 5 heteroatoms. The van der Waals surface area contributed by atoms with E-state index in [2.05, 4.69) is 179 Å².